The van der Waals surface area contributed by atoms with Crippen LogP contribution in [0.25, 0.3) is 11.6 Å². The van der Waals surface area contributed by atoms with Crippen LogP contribution >= 0.6 is 0 Å². The number of ether oxygens (including phenoxy) is 4. The van der Waals surface area contributed by atoms with Gasteiger partial charge in [0.1, 0.15) is 11.5 Å². The third-order valence-corrected chi connectivity index (χ3v) is 4.78. The number of rotatable bonds is 10. The summed E-state index contributed by atoms with van der Waals surface area (Å²) in [6.07, 6.45) is 2.49. The monoisotopic (exact) mass is 443 g/mol. The lowest BCUT2D eigenvalue weighted by Gasteiger charge is -2.11. The Morgan fingerprint density at radius 1 is 0.909 bits per heavy atom. The number of para-hydroxylation sites is 1. The van der Waals surface area contributed by atoms with Crippen LogP contribution in [0.1, 0.15) is 24.0 Å². The summed E-state index contributed by atoms with van der Waals surface area (Å²) >= 11 is 0. The van der Waals surface area contributed by atoms with Crippen LogP contribution in [0.3, 0.4) is 0 Å². The van der Waals surface area contributed by atoms with E-state index in [4.69, 9.17) is 18.9 Å². The predicted octanol–water partition coefficient (Wildman–Crippen LogP) is 5.53. The minimum absolute atomic E-state index is 0.216. The van der Waals surface area contributed by atoms with Gasteiger partial charge in [-0.3, -0.25) is 4.79 Å². The van der Waals surface area contributed by atoms with Crippen LogP contribution in [0.15, 0.2) is 72.8 Å². The summed E-state index contributed by atoms with van der Waals surface area (Å²) < 4.78 is 21.6. The molecule has 0 radical (unpaired) electrons. The van der Waals surface area contributed by atoms with Crippen molar-refractivity contribution in [2.45, 2.75) is 12.8 Å². The lowest BCUT2D eigenvalue weighted by Crippen LogP contribution is -2.10. The van der Waals surface area contributed by atoms with Crippen LogP contribution in [-0.2, 0) is 4.79 Å². The van der Waals surface area contributed by atoms with E-state index < -0.39 is 0 Å². The number of hydrogen-bond donors (Lipinski definition) is 0. The molecular weight excluding hydrogens is 418 g/mol. The van der Waals surface area contributed by atoms with E-state index >= 15 is 0 Å². The first-order chi connectivity index (χ1) is 16.1. The number of allylic oxidation sites excluding steroid dienone is 1. The molecule has 0 saturated heterocycles. The Balaban J connectivity index is 1.61. The van der Waals surface area contributed by atoms with Crippen molar-refractivity contribution in [3.05, 3.63) is 83.9 Å². The van der Waals surface area contributed by atoms with E-state index in [0.29, 0.717) is 30.1 Å². The van der Waals surface area contributed by atoms with Crippen molar-refractivity contribution in [2.75, 3.05) is 20.8 Å². The number of carbonyl (C=O) groups is 1. The first-order valence-electron chi connectivity index (χ1n) is 10.5. The van der Waals surface area contributed by atoms with Crippen molar-refractivity contribution in [3.63, 3.8) is 0 Å². The number of methoxy groups -OCH3 is 2. The topological polar surface area (TPSA) is 77.8 Å². The molecule has 0 unspecified atom stereocenters. The first-order valence-corrected chi connectivity index (χ1v) is 10.5. The van der Waals surface area contributed by atoms with Crippen molar-refractivity contribution in [1.82, 2.24) is 0 Å². The largest absolute Gasteiger partial charge is 0.497 e. The second-order valence-electron chi connectivity index (χ2n) is 7.05. The Labute approximate surface area is 193 Å². The average molecular weight is 443 g/mol. The van der Waals surface area contributed by atoms with Crippen molar-refractivity contribution in [2.24, 2.45) is 0 Å². The van der Waals surface area contributed by atoms with Crippen molar-refractivity contribution >= 4 is 17.6 Å². The van der Waals surface area contributed by atoms with Gasteiger partial charge in [-0.2, -0.15) is 5.26 Å². The Morgan fingerprint density at radius 2 is 1.67 bits per heavy atom. The lowest BCUT2D eigenvalue weighted by atomic mass is 10.0. The first kappa shape index (κ1) is 23.4. The normalized spacial score (nSPS) is 10.8. The number of carbonyl (C=O) groups excluding carboxylic acids is 1. The molecule has 0 spiro atoms. The third-order valence-electron chi connectivity index (χ3n) is 4.78. The zero-order valence-corrected chi connectivity index (χ0v) is 18.6. The molecule has 0 amide bonds. The summed E-state index contributed by atoms with van der Waals surface area (Å²) in [6.45, 7) is 0.419. The van der Waals surface area contributed by atoms with E-state index in [1.165, 1.54) is 7.11 Å². The summed E-state index contributed by atoms with van der Waals surface area (Å²) in [5.74, 6) is 1.85. The van der Waals surface area contributed by atoms with Gasteiger partial charge in [0.25, 0.3) is 0 Å². The van der Waals surface area contributed by atoms with Crippen LogP contribution < -0.4 is 18.9 Å². The van der Waals surface area contributed by atoms with E-state index in [0.717, 1.165) is 22.6 Å². The average Bonchev–Trinajstić information content (AvgIpc) is 2.86. The molecule has 6 heteroatoms. The summed E-state index contributed by atoms with van der Waals surface area (Å²) in [4.78, 5) is 12.2. The summed E-state index contributed by atoms with van der Waals surface area (Å²) in [7, 11) is 3.09. The fourth-order valence-corrected chi connectivity index (χ4v) is 3.07. The highest BCUT2D eigenvalue weighted by Crippen LogP contribution is 2.30. The van der Waals surface area contributed by atoms with Gasteiger partial charge in [-0.1, -0.05) is 24.3 Å². The van der Waals surface area contributed by atoms with E-state index in [-0.39, 0.29) is 12.4 Å². The van der Waals surface area contributed by atoms with Crippen LogP contribution in [0.4, 0.5) is 0 Å². The van der Waals surface area contributed by atoms with Crippen LogP contribution in [0.2, 0.25) is 0 Å². The van der Waals surface area contributed by atoms with Gasteiger partial charge in [0.15, 0.2) is 11.5 Å². The lowest BCUT2D eigenvalue weighted by molar-refractivity contribution is -0.134. The maximum absolute atomic E-state index is 12.2. The molecular formula is C27H25NO5. The SMILES string of the molecule is COc1ccc(/C(C#N)=C\c2ccc(OC(=O)CCCOc3ccccc3)c(OC)c2)cc1. The Hall–Kier alpha value is -4.24. The third kappa shape index (κ3) is 6.88. The van der Waals surface area contributed by atoms with Crippen molar-refractivity contribution < 1.29 is 23.7 Å². The second kappa shape index (κ2) is 12.0. The van der Waals surface area contributed by atoms with Gasteiger partial charge in [-0.25, -0.2) is 0 Å². The molecule has 0 aromatic heterocycles. The van der Waals surface area contributed by atoms with Gasteiger partial charge in [-0.15, -0.1) is 0 Å². The van der Waals surface area contributed by atoms with Crippen LogP contribution in [0.5, 0.6) is 23.0 Å². The fraction of sp³-hybridized carbons (Fsp3) is 0.185. The molecule has 0 atom stereocenters. The second-order valence-corrected chi connectivity index (χ2v) is 7.05. The van der Waals surface area contributed by atoms with Gasteiger partial charge in [0.05, 0.1) is 32.5 Å². The highest BCUT2D eigenvalue weighted by atomic mass is 16.6. The van der Waals surface area contributed by atoms with Crippen molar-refractivity contribution in [3.8, 4) is 29.1 Å². The quantitative estimate of drug-likeness (QED) is 0.135. The van der Waals surface area contributed by atoms with E-state index in [2.05, 4.69) is 6.07 Å². The standard InChI is InChI=1S/C27H25NO5/c1-30-23-13-11-21(12-14-23)22(19-28)17-20-10-15-25(26(18-20)31-2)33-27(29)9-6-16-32-24-7-4-3-5-8-24/h3-5,7-8,10-15,17-18H,6,9,16H2,1-2H3/b22-17-. The molecule has 6 nitrogen and oxygen atoms in total. The molecule has 0 aliphatic rings. The smallest absolute Gasteiger partial charge is 0.311 e. The number of esters is 1. The maximum Gasteiger partial charge on any atom is 0.311 e. The van der Waals surface area contributed by atoms with E-state index in [9.17, 15) is 10.1 Å². The molecule has 0 aliphatic heterocycles. The molecule has 0 aliphatic carbocycles. The number of nitrogens with zero attached hydrogens (tertiary/aromatic N) is 1. The molecule has 0 N–H and O–H groups in total. The number of hydrogen-bond acceptors (Lipinski definition) is 6. The molecule has 0 saturated carbocycles. The molecule has 3 aromatic carbocycles. The van der Waals surface area contributed by atoms with Gasteiger partial charge in [0.2, 0.25) is 0 Å². The summed E-state index contributed by atoms with van der Waals surface area (Å²) in [5.41, 5.74) is 2.00. The van der Waals surface area contributed by atoms with Gasteiger partial charge >= 0.3 is 5.97 Å². The minimum atomic E-state index is -0.371. The highest BCUT2D eigenvalue weighted by molar-refractivity contribution is 5.90. The molecule has 3 rings (SSSR count). The zero-order chi connectivity index (χ0) is 23.5. The molecule has 168 valence electrons. The molecule has 33 heavy (non-hydrogen) atoms. The molecule has 0 heterocycles. The highest BCUT2D eigenvalue weighted by Gasteiger charge is 2.11. The van der Waals surface area contributed by atoms with E-state index in [1.807, 2.05) is 42.5 Å². The Bertz CT molecular complexity index is 1130. The number of benzene rings is 3. The van der Waals surface area contributed by atoms with Gasteiger partial charge < -0.3 is 18.9 Å². The zero-order valence-electron chi connectivity index (χ0n) is 18.6. The molecule has 3 aromatic rings. The van der Waals surface area contributed by atoms with Crippen molar-refractivity contribution in [1.29, 1.82) is 5.26 Å². The van der Waals surface area contributed by atoms with Crippen LogP contribution in [-0.4, -0.2) is 26.8 Å². The van der Waals surface area contributed by atoms with E-state index in [1.54, 1.807) is 43.5 Å². The van der Waals surface area contributed by atoms with Gasteiger partial charge in [-0.05, 0) is 72.2 Å². The fourth-order valence-electron chi connectivity index (χ4n) is 3.07. The maximum atomic E-state index is 12.2. The molecule has 0 fully saturated rings. The van der Waals surface area contributed by atoms with Gasteiger partial charge in [0, 0.05) is 6.42 Å². The Kier molecular flexibility index (Phi) is 8.49. The Morgan fingerprint density at radius 3 is 2.33 bits per heavy atom. The predicted molar refractivity (Wildman–Crippen MR) is 126 cm³/mol. The molecule has 0 bridgehead atoms. The summed E-state index contributed by atoms with van der Waals surface area (Å²) in [6, 6.07) is 24.0. The summed E-state index contributed by atoms with van der Waals surface area (Å²) in [5, 5.41) is 9.58. The van der Waals surface area contributed by atoms with Crippen LogP contribution in [0, 0.1) is 11.3 Å². The minimum Gasteiger partial charge on any atom is -0.497 e. The number of nitriles is 1.